The quantitative estimate of drug-likeness (QED) is 0.455. The van der Waals surface area contributed by atoms with E-state index in [2.05, 4.69) is 11.6 Å². The number of halogens is 4. The van der Waals surface area contributed by atoms with Gasteiger partial charge in [-0.25, -0.2) is 10.1 Å². The molecule has 0 aliphatic carbocycles. The Morgan fingerprint density at radius 1 is 1.52 bits per heavy atom. The van der Waals surface area contributed by atoms with Crippen molar-refractivity contribution in [2.75, 3.05) is 6.61 Å². The lowest BCUT2D eigenvalue weighted by Crippen LogP contribution is -2.43. The van der Waals surface area contributed by atoms with E-state index in [1.165, 1.54) is 6.92 Å². The second kappa shape index (κ2) is 6.84. The molecule has 0 N–H and O–H groups in total. The number of aliphatic imine (C=N–C) groups is 1. The van der Waals surface area contributed by atoms with Gasteiger partial charge in [-0.3, -0.25) is 9.63 Å². The minimum Gasteiger partial charge on any atom is -0.272 e. The molecule has 1 heterocycles. The van der Waals surface area contributed by atoms with Crippen LogP contribution < -0.4 is 0 Å². The number of hydrogen-bond acceptors (Lipinski definition) is 3. The van der Waals surface area contributed by atoms with E-state index in [9.17, 15) is 22.4 Å². The fraction of sp³-hybridized carbons (Fsp3) is 0.538. The summed E-state index contributed by atoms with van der Waals surface area (Å²) >= 11 is 0. The van der Waals surface area contributed by atoms with E-state index in [0.29, 0.717) is 5.06 Å². The maximum atomic E-state index is 12.9. The number of nitrogens with zero attached hydrogens (tertiary/aromatic N) is 2. The van der Waals surface area contributed by atoms with Crippen LogP contribution >= 0.6 is 0 Å². The molecule has 8 heteroatoms. The molecule has 1 amide bonds. The SMILES string of the molecule is C=C(C=N/C(F)=C\C)[C@@H]1CCON1C(=O)[C@@H](C)C(F)(F)F. The van der Waals surface area contributed by atoms with E-state index in [1.807, 2.05) is 0 Å². The van der Waals surface area contributed by atoms with Crippen molar-refractivity contribution in [2.24, 2.45) is 10.9 Å². The van der Waals surface area contributed by atoms with E-state index in [4.69, 9.17) is 4.84 Å². The molecule has 0 unspecified atom stereocenters. The zero-order valence-electron chi connectivity index (χ0n) is 11.7. The first-order valence-electron chi connectivity index (χ1n) is 6.25. The number of amides is 1. The molecule has 2 atom stereocenters. The minimum atomic E-state index is -4.65. The lowest BCUT2D eigenvalue weighted by Gasteiger charge is -2.26. The standard InChI is InChI=1S/C13H16F4N2O2/c1-4-11(14)18-7-8(2)10-5-6-21-19(10)12(20)9(3)13(15,16)17/h4,7,9-10H,2,5-6H2,1,3H3/b11-4-,18-7?/t9-,10+/m1/s1. The summed E-state index contributed by atoms with van der Waals surface area (Å²) in [6, 6.07) is -0.782. The predicted molar refractivity (Wildman–Crippen MR) is 68.9 cm³/mol. The lowest BCUT2D eigenvalue weighted by molar-refractivity contribution is -0.210. The molecule has 1 rings (SSSR count). The molecule has 118 valence electrons. The maximum Gasteiger partial charge on any atom is 0.400 e. The molecule has 0 saturated carbocycles. The van der Waals surface area contributed by atoms with Gasteiger partial charge in [0.05, 0.1) is 12.6 Å². The van der Waals surface area contributed by atoms with Gasteiger partial charge in [-0.2, -0.15) is 17.6 Å². The number of hydroxylamine groups is 2. The van der Waals surface area contributed by atoms with Gasteiger partial charge in [0.2, 0.25) is 5.95 Å². The Morgan fingerprint density at radius 2 is 2.14 bits per heavy atom. The summed E-state index contributed by atoms with van der Waals surface area (Å²) in [6.07, 6.45) is -2.19. The monoisotopic (exact) mass is 308 g/mol. The smallest absolute Gasteiger partial charge is 0.272 e. The average Bonchev–Trinajstić information content (AvgIpc) is 2.90. The molecular formula is C13H16F4N2O2. The summed E-state index contributed by atoms with van der Waals surface area (Å²) in [5, 5.41) is 0.653. The molecule has 0 bridgehead atoms. The fourth-order valence-electron chi connectivity index (χ4n) is 1.66. The van der Waals surface area contributed by atoms with E-state index in [1.54, 1.807) is 0 Å². The fourth-order valence-corrected chi connectivity index (χ4v) is 1.66. The van der Waals surface area contributed by atoms with Crippen LogP contribution in [0.25, 0.3) is 0 Å². The normalized spacial score (nSPS) is 21.9. The van der Waals surface area contributed by atoms with Crippen molar-refractivity contribution in [1.82, 2.24) is 5.06 Å². The second-order valence-electron chi connectivity index (χ2n) is 4.51. The zero-order chi connectivity index (χ0) is 16.2. The van der Waals surface area contributed by atoms with Crippen LogP contribution in [0, 0.1) is 5.92 Å². The van der Waals surface area contributed by atoms with Crippen molar-refractivity contribution in [3.8, 4) is 0 Å². The van der Waals surface area contributed by atoms with Gasteiger partial charge < -0.3 is 0 Å². The molecular weight excluding hydrogens is 292 g/mol. The molecule has 0 radical (unpaired) electrons. The van der Waals surface area contributed by atoms with Crippen molar-refractivity contribution in [2.45, 2.75) is 32.5 Å². The number of hydrogen-bond donors (Lipinski definition) is 0. The van der Waals surface area contributed by atoms with E-state index in [0.717, 1.165) is 19.2 Å². The van der Waals surface area contributed by atoms with Crippen molar-refractivity contribution < 1.29 is 27.2 Å². The summed E-state index contributed by atoms with van der Waals surface area (Å²) in [5.41, 5.74) is 0.201. The van der Waals surface area contributed by atoms with Crippen molar-refractivity contribution >= 4 is 12.1 Å². The Kier molecular flexibility index (Phi) is 5.65. The van der Waals surface area contributed by atoms with Gasteiger partial charge in [-0.1, -0.05) is 6.58 Å². The first-order chi connectivity index (χ1) is 9.68. The van der Waals surface area contributed by atoms with Crippen LogP contribution in [-0.2, 0) is 9.63 Å². The Morgan fingerprint density at radius 3 is 2.67 bits per heavy atom. The molecule has 0 aromatic carbocycles. The predicted octanol–water partition coefficient (Wildman–Crippen LogP) is 3.18. The third-order valence-corrected chi connectivity index (χ3v) is 3.00. The highest BCUT2D eigenvalue weighted by atomic mass is 19.4. The largest absolute Gasteiger partial charge is 0.400 e. The molecule has 1 aliphatic heterocycles. The molecule has 21 heavy (non-hydrogen) atoms. The Hall–Kier alpha value is -1.70. The van der Waals surface area contributed by atoms with Crippen molar-refractivity contribution in [1.29, 1.82) is 0 Å². The average molecular weight is 308 g/mol. The van der Waals surface area contributed by atoms with Crippen LogP contribution in [0.3, 0.4) is 0 Å². The summed E-state index contributed by atoms with van der Waals surface area (Å²) in [7, 11) is 0. The Balaban J connectivity index is 2.82. The summed E-state index contributed by atoms with van der Waals surface area (Å²) in [6.45, 7) is 5.88. The molecule has 1 fully saturated rings. The highest BCUT2D eigenvalue weighted by Crippen LogP contribution is 2.30. The van der Waals surface area contributed by atoms with Crippen LogP contribution in [0.4, 0.5) is 17.6 Å². The van der Waals surface area contributed by atoms with Crippen LogP contribution in [0.15, 0.2) is 29.2 Å². The minimum absolute atomic E-state index is 0.0833. The van der Waals surface area contributed by atoms with Crippen LogP contribution in [0.1, 0.15) is 20.3 Å². The third kappa shape index (κ3) is 4.38. The summed E-state index contributed by atoms with van der Waals surface area (Å²) in [5.74, 6) is -4.14. The van der Waals surface area contributed by atoms with E-state index in [-0.39, 0.29) is 18.6 Å². The van der Waals surface area contributed by atoms with E-state index >= 15 is 0 Å². The van der Waals surface area contributed by atoms with Gasteiger partial charge >= 0.3 is 6.18 Å². The zero-order valence-corrected chi connectivity index (χ0v) is 11.7. The number of carbonyl (C=O) groups is 1. The molecule has 1 aliphatic rings. The molecule has 0 spiro atoms. The molecule has 1 saturated heterocycles. The van der Waals surface area contributed by atoms with Gasteiger partial charge in [0.25, 0.3) is 5.91 Å². The highest BCUT2D eigenvalue weighted by Gasteiger charge is 2.46. The van der Waals surface area contributed by atoms with Gasteiger partial charge in [-0.05, 0) is 25.5 Å². The van der Waals surface area contributed by atoms with Gasteiger partial charge in [-0.15, -0.1) is 0 Å². The van der Waals surface area contributed by atoms with E-state index < -0.39 is 30.0 Å². The third-order valence-electron chi connectivity index (χ3n) is 3.00. The topological polar surface area (TPSA) is 41.9 Å². The lowest BCUT2D eigenvalue weighted by atomic mass is 10.1. The second-order valence-corrected chi connectivity index (χ2v) is 4.51. The highest BCUT2D eigenvalue weighted by molar-refractivity contribution is 5.84. The summed E-state index contributed by atoms with van der Waals surface area (Å²) in [4.78, 5) is 20.2. The first-order valence-corrected chi connectivity index (χ1v) is 6.25. The Labute approximate surface area is 119 Å². The van der Waals surface area contributed by atoms with Gasteiger partial charge in [0.1, 0.15) is 5.92 Å². The molecule has 0 aromatic rings. The van der Waals surface area contributed by atoms with Gasteiger partial charge in [0, 0.05) is 12.6 Å². The van der Waals surface area contributed by atoms with Crippen molar-refractivity contribution in [3.05, 3.63) is 24.2 Å². The van der Waals surface area contributed by atoms with Crippen LogP contribution in [0.2, 0.25) is 0 Å². The molecule has 0 aromatic heterocycles. The number of allylic oxidation sites excluding steroid dienone is 1. The Bertz CT molecular complexity index is 471. The maximum absolute atomic E-state index is 12.9. The van der Waals surface area contributed by atoms with Crippen LogP contribution in [-0.4, -0.2) is 36.0 Å². The van der Waals surface area contributed by atoms with Crippen LogP contribution in [0.5, 0.6) is 0 Å². The number of rotatable bonds is 4. The van der Waals surface area contributed by atoms with Crippen molar-refractivity contribution in [3.63, 3.8) is 0 Å². The summed E-state index contributed by atoms with van der Waals surface area (Å²) < 4.78 is 50.6. The molecule has 4 nitrogen and oxygen atoms in total. The number of carbonyl (C=O) groups excluding carboxylic acids is 1. The first kappa shape index (κ1) is 17.4. The number of alkyl halides is 3. The van der Waals surface area contributed by atoms with Gasteiger partial charge in [0.15, 0.2) is 0 Å².